The Kier molecular flexibility index (Phi) is 5.37. The van der Waals surface area contributed by atoms with Crippen molar-refractivity contribution in [3.63, 3.8) is 0 Å². The van der Waals surface area contributed by atoms with Gasteiger partial charge in [0.2, 0.25) is 5.91 Å². The molecular formula is C17H23NO3. The Morgan fingerprint density at radius 2 is 2.05 bits per heavy atom. The largest absolute Gasteiger partial charge is 0.469 e. The summed E-state index contributed by atoms with van der Waals surface area (Å²) in [5, 5.41) is 0. The maximum atomic E-state index is 12.6. The van der Waals surface area contributed by atoms with Crippen molar-refractivity contribution >= 4 is 11.9 Å². The highest BCUT2D eigenvalue weighted by Crippen LogP contribution is 2.31. The lowest BCUT2D eigenvalue weighted by Crippen LogP contribution is -2.26. The third-order valence-electron chi connectivity index (χ3n) is 4.12. The fourth-order valence-electron chi connectivity index (χ4n) is 2.95. The van der Waals surface area contributed by atoms with Crippen LogP contribution < -0.4 is 0 Å². The van der Waals surface area contributed by atoms with E-state index in [2.05, 4.69) is 6.92 Å². The summed E-state index contributed by atoms with van der Waals surface area (Å²) in [4.78, 5) is 26.3. The molecule has 4 nitrogen and oxygen atoms in total. The molecule has 0 saturated carbocycles. The molecule has 4 heteroatoms. The van der Waals surface area contributed by atoms with Crippen LogP contribution in [0.1, 0.15) is 31.7 Å². The van der Waals surface area contributed by atoms with Gasteiger partial charge in [0.1, 0.15) is 0 Å². The zero-order valence-corrected chi connectivity index (χ0v) is 12.7. The van der Waals surface area contributed by atoms with E-state index in [0.717, 1.165) is 24.8 Å². The molecule has 0 bridgehead atoms. The molecule has 0 N–H and O–H groups in total. The van der Waals surface area contributed by atoms with Crippen LogP contribution >= 0.6 is 0 Å². The lowest BCUT2D eigenvalue weighted by Gasteiger charge is -2.16. The van der Waals surface area contributed by atoms with Crippen LogP contribution in [0.25, 0.3) is 0 Å². The van der Waals surface area contributed by atoms with E-state index in [1.807, 2.05) is 30.3 Å². The van der Waals surface area contributed by atoms with Crippen molar-refractivity contribution in [2.45, 2.75) is 32.7 Å². The molecule has 1 aliphatic heterocycles. The first-order valence-electron chi connectivity index (χ1n) is 7.58. The topological polar surface area (TPSA) is 46.6 Å². The molecule has 1 heterocycles. The van der Waals surface area contributed by atoms with Gasteiger partial charge in [0.15, 0.2) is 0 Å². The van der Waals surface area contributed by atoms with Crippen molar-refractivity contribution in [1.82, 2.24) is 4.90 Å². The molecule has 21 heavy (non-hydrogen) atoms. The average molecular weight is 289 g/mol. The van der Waals surface area contributed by atoms with Crippen LogP contribution in [-0.4, -0.2) is 30.4 Å². The number of nitrogens with zero attached hydrogens (tertiary/aromatic N) is 1. The van der Waals surface area contributed by atoms with E-state index in [9.17, 15) is 9.59 Å². The molecule has 1 amide bonds. The molecule has 1 aromatic carbocycles. The average Bonchev–Trinajstić information content (AvgIpc) is 2.82. The number of unbranched alkanes of at least 4 members (excludes halogenated alkanes) is 1. The maximum Gasteiger partial charge on any atom is 0.311 e. The van der Waals surface area contributed by atoms with E-state index in [1.165, 1.54) is 7.11 Å². The summed E-state index contributed by atoms with van der Waals surface area (Å²) in [6.07, 6.45) is 2.75. The standard InChI is InChI=1S/C17H23NO3/c1-3-4-10-14-15(17(20)21-2)12-18(16(14)19)11-13-8-6-5-7-9-13/h5-9,14-15H,3-4,10-12H2,1-2H3. The van der Waals surface area contributed by atoms with Crippen molar-refractivity contribution in [3.8, 4) is 0 Å². The normalized spacial score (nSPS) is 21.6. The van der Waals surface area contributed by atoms with Gasteiger partial charge in [0, 0.05) is 13.1 Å². The number of rotatable bonds is 6. The molecule has 1 fully saturated rings. The molecule has 2 atom stereocenters. The Morgan fingerprint density at radius 1 is 1.33 bits per heavy atom. The van der Waals surface area contributed by atoms with Gasteiger partial charge in [-0.2, -0.15) is 0 Å². The second kappa shape index (κ2) is 7.25. The third-order valence-corrected chi connectivity index (χ3v) is 4.12. The number of esters is 1. The van der Waals surface area contributed by atoms with Crippen molar-refractivity contribution in [2.24, 2.45) is 11.8 Å². The van der Waals surface area contributed by atoms with Crippen LogP contribution in [0.4, 0.5) is 0 Å². The smallest absolute Gasteiger partial charge is 0.311 e. The van der Waals surface area contributed by atoms with E-state index >= 15 is 0 Å². The highest BCUT2D eigenvalue weighted by Gasteiger charge is 2.44. The number of benzene rings is 1. The van der Waals surface area contributed by atoms with Crippen molar-refractivity contribution in [1.29, 1.82) is 0 Å². The number of hydrogen-bond acceptors (Lipinski definition) is 3. The van der Waals surface area contributed by atoms with E-state index in [0.29, 0.717) is 13.1 Å². The van der Waals surface area contributed by atoms with Gasteiger partial charge in [-0.1, -0.05) is 50.1 Å². The molecule has 1 saturated heterocycles. The van der Waals surface area contributed by atoms with Crippen LogP contribution in [0.3, 0.4) is 0 Å². The fourth-order valence-corrected chi connectivity index (χ4v) is 2.95. The zero-order valence-electron chi connectivity index (χ0n) is 12.7. The van der Waals surface area contributed by atoms with Crippen LogP contribution in [0.15, 0.2) is 30.3 Å². The minimum atomic E-state index is -0.322. The molecule has 1 aromatic rings. The van der Waals surface area contributed by atoms with E-state index < -0.39 is 0 Å². The minimum absolute atomic E-state index is 0.0858. The quantitative estimate of drug-likeness (QED) is 0.756. The lowest BCUT2D eigenvalue weighted by molar-refractivity contribution is -0.147. The van der Waals surface area contributed by atoms with Gasteiger partial charge in [-0.3, -0.25) is 9.59 Å². The summed E-state index contributed by atoms with van der Waals surface area (Å²) in [5.41, 5.74) is 1.09. The number of likely N-dealkylation sites (tertiary alicyclic amines) is 1. The van der Waals surface area contributed by atoms with E-state index in [-0.39, 0.29) is 23.7 Å². The van der Waals surface area contributed by atoms with Gasteiger partial charge >= 0.3 is 5.97 Å². The second-order valence-electron chi connectivity index (χ2n) is 5.58. The summed E-state index contributed by atoms with van der Waals surface area (Å²) in [7, 11) is 1.39. The van der Waals surface area contributed by atoms with Crippen LogP contribution in [-0.2, 0) is 20.9 Å². The Balaban J connectivity index is 2.10. The Bertz CT molecular complexity index is 486. The summed E-state index contributed by atoms with van der Waals surface area (Å²) in [5.74, 6) is -0.721. The predicted octanol–water partition coefficient (Wildman–Crippen LogP) is 2.62. The van der Waals surface area contributed by atoms with Crippen molar-refractivity contribution in [2.75, 3.05) is 13.7 Å². The maximum absolute atomic E-state index is 12.6. The van der Waals surface area contributed by atoms with Crippen LogP contribution in [0.2, 0.25) is 0 Å². The van der Waals surface area contributed by atoms with E-state index in [1.54, 1.807) is 4.90 Å². The van der Waals surface area contributed by atoms with E-state index in [4.69, 9.17) is 4.74 Å². The molecule has 0 aromatic heterocycles. The molecular weight excluding hydrogens is 266 g/mol. The summed E-state index contributed by atoms with van der Waals surface area (Å²) in [6, 6.07) is 9.88. The number of hydrogen-bond donors (Lipinski definition) is 0. The first-order valence-corrected chi connectivity index (χ1v) is 7.58. The lowest BCUT2D eigenvalue weighted by atomic mass is 9.90. The molecule has 0 aliphatic carbocycles. The number of methoxy groups -OCH3 is 1. The zero-order chi connectivity index (χ0) is 15.2. The Labute approximate surface area is 126 Å². The van der Waals surface area contributed by atoms with Gasteiger partial charge in [0.05, 0.1) is 18.9 Å². The summed E-state index contributed by atoms with van der Waals surface area (Å²) in [6.45, 7) is 3.12. The second-order valence-corrected chi connectivity index (χ2v) is 5.58. The van der Waals surface area contributed by atoms with Gasteiger partial charge in [-0.05, 0) is 12.0 Å². The molecule has 114 valence electrons. The number of carbonyl (C=O) groups excluding carboxylic acids is 2. The Hall–Kier alpha value is -1.84. The minimum Gasteiger partial charge on any atom is -0.469 e. The molecule has 2 unspecified atom stereocenters. The highest BCUT2D eigenvalue weighted by atomic mass is 16.5. The first-order chi connectivity index (χ1) is 10.2. The third kappa shape index (κ3) is 3.63. The van der Waals surface area contributed by atoms with Crippen molar-refractivity contribution < 1.29 is 14.3 Å². The molecule has 2 rings (SSSR count). The summed E-state index contributed by atoms with van der Waals surface area (Å²) < 4.78 is 4.87. The van der Waals surface area contributed by atoms with Gasteiger partial charge in [-0.15, -0.1) is 0 Å². The van der Waals surface area contributed by atoms with Crippen molar-refractivity contribution in [3.05, 3.63) is 35.9 Å². The highest BCUT2D eigenvalue weighted by molar-refractivity contribution is 5.89. The number of carbonyl (C=O) groups is 2. The van der Waals surface area contributed by atoms with Gasteiger partial charge in [-0.25, -0.2) is 0 Å². The fraction of sp³-hybridized carbons (Fsp3) is 0.529. The molecule has 1 aliphatic rings. The van der Waals surface area contributed by atoms with Crippen LogP contribution in [0.5, 0.6) is 0 Å². The summed E-state index contributed by atoms with van der Waals surface area (Å²) >= 11 is 0. The number of amides is 1. The van der Waals surface area contributed by atoms with Gasteiger partial charge < -0.3 is 9.64 Å². The number of ether oxygens (including phenoxy) is 1. The van der Waals surface area contributed by atoms with Crippen LogP contribution in [0, 0.1) is 11.8 Å². The molecule has 0 spiro atoms. The monoisotopic (exact) mass is 289 g/mol. The van der Waals surface area contributed by atoms with Gasteiger partial charge in [0.25, 0.3) is 0 Å². The first kappa shape index (κ1) is 15.5. The Morgan fingerprint density at radius 3 is 2.67 bits per heavy atom. The molecule has 0 radical (unpaired) electrons. The predicted molar refractivity (Wildman–Crippen MR) is 80.4 cm³/mol. The SMILES string of the molecule is CCCCC1C(=O)N(Cc2ccccc2)CC1C(=O)OC.